The molecule has 0 unspecified atom stereocenters. The lowest BCUT2D eigenvalue weighted by Gasteiger charge is -2.33. The number of hydrogen-bond acceptors (Lipinski definition) is 3. The van der Waals surface area contributed by atoms with Gasteiger partial charge in [-0.15, -0.1) is 0 Å². The molecular weight excluding hydrogens is 443 g/mol. The molecule has 1 heterocycles. The van der Waals surface area contributed by atoms with Crippen molar-refractivity contribution in [2.45, 2.75) is 6.54 Å². The molecule has 2 aromatic carbocycles. The third-order valence-electron chi connectivity index (χ3n) is 4.41. The van der Waals surface area contributed by atoms with E-state index in [1.807, 2.05) is 24.3 Å². The predicted octanol–water partition coefficient (Wildman–Crippen LogP) is 2.58. The molecule has 0 aromatic heterocycles. The number of carbonyl (C=O) groups excluding carboxylic acids is 3. The lowest BCUT2D eigenvalue weighted by atomic mass is 10.2. The van der Waals surface area contributed by atoms with Crippen molar-refractivity contribution in [2.75, 3.05) is 31.5 Å². The fourth-order valence-corrected chi connectivity index (χ4v) is 3.31. The number of urea groups is 1. The van der Waals surface area contributed by atoms with Crippen molar-refractivity contribution < 1.29 is 18.8 Å². The molecule has 4 amide bonds. The molecule has 0 aliphatic carbocycles. The minimum Gasteiger partial charge on any atom is -0.350 e. The molecule has 1 aliphatic rings. The maximum absolute atomic E-state index is 12.9. The van der Waals surface area contributed by atoms with Crippen LogP contribution in [0.4, 0.5) is 14.9 Å². The van der Waals surface area contributed by atoms with Crippen LogP contribution in [0, 0.1) is 5.82 Å². The zero-order valence-corrected chi connectivity index (χ0v) is 17.1. The minimum absolute atomic E-state index is 0.0553. The summed E-state index contributed by atoms with van der Waals surface area (Å²) in [5, 5.41) is 5.41. The molecule has 2 aromatic rings. The van der Waals surface area contributed by atoms with Crippen LogP contribution in [0.15, 0.2) is 53.0 Å². The van der Waals surface area contributed by atoms with Crippen molar-refractivity contribution >= 4 is 39.5 Å². The zero-order chi connectivity index (χ0) is 20.8. The standard InChI is InChI=1S/C20H20BrFN4O3/c21-15-3-1-2-14(10-15)11-23-18(27)12-25-8-9-26(13-19(25)28)20(29)24-17-6-4-16(22)5-7-17/h1-7,10H,8-9,11-13H2,(H,23,27)(H,24,29). The number of nitrogens with one attached hydrogen (secondary N) is 2. The summed E-state index contributed by atoms with van der Waals surface area (Å²) in [7, 11) is 0. The van der Waals surface area contributed by atoms with Gasteiger partial charge in [-0.2, -0.15) is 0 Å². The fourth-order valence-electron chi connectivity index (χ4n) is 2.86. The van der Waals surface area contributed by atoms with Gasteiger partial charge in [0.2, 0.25) is 11.8 Å². The number of piperazine rings is 1. The Morgan fingerprint density at radius 3 is 2.55 bits per heavy atom. The van der Waals surface area contributed by atoms with Crippen molar-refractivity contribution in [3.05, 3.63) is 64.4 Å². The van der Waals surface area contributed by atoms with Crippen molar-refractivity contribution in [2.24, 2.45) is 0 Å². The van der Waals surface area contributed by atoms with Gasteiger partial charge in [0.15, 0.2) is 0 Å². The molecule has 0 radical (unpaired) electrons. The van der Waals surface area contributed by atoms with Gasteiger partial charge in [-0.1, -0.05) is 28.1 Å². The summed E-state index contributed by atoms with van der Waals surface area (Å²) in [4.78, 5) is 39.6. The van der Waals surface area contributed by atoms with Crippen LogP contribution in [0.1, 0.15) is 5.56 Å². The molecular formula is C20H20BrFN4O3. The van der Waals surface area contributed by atoms with Crippen molar-refractivity contribution in [3.8, 4) is 0 Å². The molecule has 3 rings (SSSR count). The zero-order valence-electron chi connectivity index (χ0n) is 15.5. The summed E-state index contributed by atoms with van der Waals surface area (Å²) in [5.41, 5.74) is 1.39. The van der Waals surface area contributed by atoms with Crippen LogP contribution in [-0.2, 0) is 16.1 Å². The molecule has 7 nitrogen and oxygen atoms in total. The van der Waals surface area contributed by atoms with Gasteiger partial charge in [0.25, 0.3) is 0 Å². The Morgan fingerprint density at radius 1 is 1.10 bits per heavy atom. The van der Waals surface area contributed by atoms with Crippen molar-refractivity contribution in [1.29, 1.82) is 0 Å². The normalized spacial score (nSPS) is 13.9. The summed E-state index contributed by atoms with van der Waals surface area (Å²) in [6.45, 7) is 0.760. The van der Waals surface area contributed by atoms with Crippen LogP contribution in [0.2, 0.25) is 0 Å². The maximum Gasteiger partial charge on any atom is 0.322 e. The summed E-state index contributed by atoms with van der Waals surface area (Å²) < 4.78 is 13.9. The molecule has 0 saturated carbocycles. The first-order valence-corrected chi connectivity index (χ1v) is 9.80. The molecule has 0 atom stereocenters. The molecule has 9 heteroatoms. The number of halogens is 2. The number of benzene rings is 2. The lowest BCUT2D eigenvalue weighted by Crippen LogP contribution is -2.55. The number of amides is 4. The Morgan fingerprint density at radius 2 is 1.86 bits per heavy atom. The Balaban J connectivity index is 1.45. The van der Waals surface area contributed by atoms with Crippen LogP contribution >= 0.6 is 15.9 Å². The molecule has 0 spiro atoms. The second kappa shape index (κ2) is 9.51. The first-order valence-electron chi connectivity index (χ1n) is 9.01. The van der Waals surface area contributed by atoms with Gasteiger partial charge in [-0.25, -0.2) is 9.18 Å². The van der Waals surface area contributed by atoms with Crippen molar-refractivity contribution in [1.82, 2.24) is 15.1 Å². The van der Waals surface area contributed by atoms with Crippen LogP contribution < -0.4 is 10.6 Å². The Kier molecular flexibility index (Phi) is 6.82. The highest BCUT2D eigenvalue weighted by Crippen LogP contribution is 2.12. The van der Waals surface area contributed by atoms with Gasteiger partial charge in [-0.05, 0) is 42.0 Å². The van der Waals surface area contributed by atoms with Crippen LogP contribution in [0.5, 0.6) is 0 Å². The summed E-state index contributed by atoms with van der Waals surface area (Å²) in [5.74, 6) is -0.962. The quantitative estimate of drug-likeness (QED) is 0.716. The van der Waals surface area contributed by atoms with Gasteiger partial charge >= 0.3 is 6.03 Å². The third kappa shape index (κ3) is 6.02. The molecule has 152 valence electrons. The largest absolute Gasteiger partial charge is 0.350 e. The number of carbonyl (C=O) groups is 3. The fraction of sp³-hybridized carbons (Fsp3) is 0.250. The average molecular weight is 463 g/mol. The van der Waals surface area contributed by atoms with Crippen molar-refractivity contribution in [3.63, 3.8) is 0 Å². The predicted molar refractivity (Wildman–Crippen MR) is 110 cm³/mol. The van der Waals surface area contributed by atoms with E-state index < -0.39 is 11.8 Å². The average Bonchev–Trinajstić information content (AvgIpc) is 2.70. The second-order valence-corrected chi connectivity index (χ2v) is 7.50. The van der Waals surface area contributed by atoms with E-state index in [4.69, 9.17) is 0 Å². The molecule has 1 fully saturated rings. The molecule has 1 aliphatic heterocycles. The molecule has 29 heavy (non-hydrogen) atoms. The topological polar surface area (TPSA) is 81.8 Å². The van der Waals surface area contributed by atoms with E-state index in [-0.39, 0.29) is 31.4 Å². The van der Waals surface area contributed by atoms with E-state index in [1.54, 1.807) is 0 Å². The second-order valence-electron chi connectivity index (χ2n) is 6.58. The first-order chi connectivity index (χ1) is 13.9. The Labute approximate surface area is 176 Å². The van der Waals surface area contributed by atoms with Gasteiger partial charge in [0.1, 0.15) is 12.4 Å². The first kappa shape index (κ1) is 20.8. The van der Waals surface area contributed by atoms with Crippen LogP contribution in [-0.4, -0.2) is 53.8 Å². The SMILES string of the molecule is O=C(CN1CCN(C(=O)Nc2ccc(F)cc2)CC1=O)NCc1cccc(Br)c1. The molecule has 1 saturated heterocycles. The third-order valence-corrected chi connectivity index (χ3v) is 4.91. The van der Waals surface area contributed by atoms with Gasteiger partial charge in [-0.3, -0.25) is 9.59 Å². The molecule has 0 bridgehead atoms. The maximum atomic E-state index is 12.9. The summed E-state index contributed by atoms with van der Waals surface area (Å²) in [6, 6.07) is 12.5. The van der Waals surface area contributed by atoms with E-state index in [1.165, 1.54) is 34.1 Å². The number of hydrogen-bond donors (Lipinski definition) is 2. The van der Waals surface area contributed by atoms with Gasteiger partial charge < -0.3 is 20.4 Å². The minimum atomic E-state index is -0.441. The number of anilines is 1. The monoisotopic (exact) mass is 462 g/mol. The Hall–Kier alpha value is -2.94. The Bertz CT molecular complexity index is 907. The van der Waals surface area contributed by atoms with Gasteiger partial charge in [0.05, 0.1) is 6.54 Å². The van der Waals surface area contributed by atoms with Crippen LogP contribution in [0.25, 0.3) is 0 Å². The van der Waals surface area contributed by atoms with E-state index in [0.717, 1.165) is 10.0 Å². The smallest absolute Gasteiger partial charge is 0.322 e. The summed E-state index contributed by atoms with van der Waals surface area (Å²) >= 11 is 3.38. The van der Waals surface area contributed by atoms with Gasteiger partial charge in [0, 0.05) is 29.8 Å². The summed E-state index contributed by atoms with van der Waals surface area (Å²) in [6.07, 6.45) is 0. The highest BCUT2D eigenvalue weighted by molar-refractivity contribution is 9.10. The van der Waals surface area contributed by atoms with E-state index in [2.05, 4.69) is 26.6 Å². The van der Waals surface area contributed by atoms with Crippen LogP contribution in [0.3, 0.4) is 0 Å². The number of rotatable bonds is 5. The highest BCUT2D eigenvalue weighted by Gasteiger charge is 2.28. The lowest BCUT2D eigenvalue weighted by molar-refractivity contribution is -0.139. The highest BCUT2D eigenvalue weighted by atomic mass is 79.9. The van der Waals surface area contributed by atoms with E-state index in [0.29, 0.717) is 18.8 Å². The number of nitrogens with zero attached hydrogens (tertiary/aromatic N) is 2. The molecule has 2 N–H and O–H groups in total. The van der Waals surface area contributed by atoms with E-state index >= 15 is 0 Å². The van der Waals surface area contributed by atoms with E-state index in [9.17, 15) is 18.8 Å².